The lowest BCUT2D eigenvalue weighted by atomic mass is 9.89. The first-order valence-electron chi connectivity index (χ1n) is 6.34. The molecule has 0 aliphatic carbocycles. The third-order valence-corrected chi connectivity index (χ3v) is 3.67. The first-order valence-corrected chi connectivity index (χ1v) is 6.34. The molecule has 1 atom stereocenters. The minimum absolute atomic E-state index is 0.435. The van der Waals surface area contributed by atoms with Crippen LogP contribution in [0.15, 0.2) is 6.20 Å². The Bertz CT molecular complexity index is 439. The predicted molar refractivity (Wildman–Crippen MR) is 68.6 cm³/mol. The average molecular weight is 251 g/mol. The van der Waals surface area contributed by atoms with Crippen molar-refractivity contribution in [3.05, 3.63) is 17.7 Å². The lowest BCUT2D eigenvalue weighted by Crippen LogP contribution is -2.26. The predicted octanol–water partition coefficient (Wildman–Crippen LogP) is 1.48. The largest absolute Gasteiger partial charge is 0.481 e. The SMILES string of the molecule is CN1CCC(c2cnc(CC(C)(C)C(=O)O)[nH]2)C1. The van der Waals surface area contributed by atoms with Crippen LogP contribution in [0.4, 0.5) is 0 Å². The number of carbonyl (C=O) groups is 1. The number of aliphatic carboxylic acids is 1. The van der Waals surface area contributed by atoms with Gasteiger partial charge in [0.05, 0.1) is 5.41 Å². The van der Waals surface area contributed by atoms with Gasteiger partial charge in [-0.3, -0.25) is 4.79 Å². The molecule has 5 heteroatoms. The van der Waals surface area contributed by atoms with Crippen LogP contribution in [-0.4, -0.2) is 46.1 Å². The number of hydrogen-bond acceptors (Lipinski definition) is 3. The molecule has 0 radical (unpaired) electrons. The fourth-order valence-electron chi connectivity index (χ4n) is 2.36. The van der Waals surface area contributed by atoms with Gasteiger partial charge in [-0.05, 0) is 33.9 Å². The summed E-state index contributed by atoms with van der Waals surface area (Å²) in [6.07, 6.45) is 3.43. The van der Waals surface area contributed by atoms with Crippen LogP contribution in [0.3, 0.4) is 0 Å². The van der Waals surface area contributed by atoms with Crippen molar-refractivity contribution in [1.82, 2.24) is 14.9 Å². The van der Waals surface area contributed by atoms with E-state index in [4.69, 9.17) is 5.11 Å². The molecule has 5 nitrogen and oxygen atoms in total. The molecular formula is C13H21N3O2. The molecule has 1 aliphatic rings. The lowest BCUT2D eigenvalue weighted by Gasteiger charge is -2.17. The second-order valence-corrected chi connectivity index (χ2v) is 5.90. The third-order valence-electron chi connectivity index (χ3n) is 3.67. The molecule has 0 bridgehead atoms. The van der Waals surface area contributed by atoms with Crippen LogP contribution < -0.4 is 0 Å². The molecule has 0 saturated carbocycles. The van der Waals surface area contributed by atoms with Crippen molar-refractivity contribution in [2.24, 2.45) is 5.41 Å². The Hall–Kier alpha value is -1.36. The number of likely N-dealkylation sites (N-methyl/N-ethyl adjacent to an activating group) is 1. The summed E-state index contributed by atoms with van der Waals surface area (Å²) < 4.78 is 0. The number of aromatic amines is 1. The van der Waals surface area contributed by atoms with E-state index in [9.17, 15) is 4.79 Å². The smallest absolute Gasteiger partial charge is 0.309 e. The van der Waals surface area contributed by atoms with Crippen molar-refractivity contribution in [3.63, 3.8) is 0 Å². The summed E-state index contributed by atoms with van der Waals surface area (Å²) in [6.45, 7) is 5.60. The second kappa shape index (κ2) is 4.72. The minimum atomic E-state index is -0.791. The maximum Gasteiger partial charge on any atom is 0.309 e. The van der Waals surface area contributed by atoms with Crippen LogP contribution in [0.2, 0.25) is 0 Å². The molecule has 2 N–H and O–H groups in total. The molecule has 100 valence electrons. The maximum absolute atomic E-state index is 11.1. The van der Waals surface area contributed by atoms with E-state index < -0.39 is 11.4 Å². The van der Waals surface area contributed by atoms with Crippen LogP contribution in [0.25, 0.3) is 0 Å². The Morgan fingerprint density at radius 1 is 1.67 bits per heavy atom. The molecule has 1 saturated heterocycles. The molecule has 0 amide bonds. The van der Waals surface area contributed by atoms with Gasteiger partial charge in [0.2, 0.25) is 0 Å². The monoisotopic (exact) mass is 251 g/mol. The van der Waals surface area contributed by atoms with E-state index in [2.05, 4.69) is 21.9 Å². The van der Waals surface area contributed by atoms with E-state index in [1.54, 1.807) is 13.8 Å². The van der Waals surface area contributed by atoms with Crippen molar-refractivity contribution in [2.75, 3.05) is 20.1 Å². The first kappa shape index (κ1) is 13.1. The standard InChI is InChI=1S/C13H21N3O2/c1-13(2,12(17)18)6-11-14-7-10(15-11)9-4-5-16(3)8-9/h7,9H,4-6,8H2,1-3H3,(H,14,15)(H,17,18). The Labute approximate surface area is 107 Å². The van der Waals surface area contributed by atoms with Gasteiger partial charge in [-0.15, -0.1) is 0 Å². The summed E-state index contributed by atoms with van der Waals surface area (Å²) in [6, 6.07) is 0. The highest BCUT2D eigenvalue weighted by Gasteiger charge is 2.29. The van der Waals surface area contributed by atoms with E-state index >= 15 is 0 Å². The van der Waals surface area contributed by atoms with Crippen molar-refractivity contribution in [2.45, 2.75) is 32.6 Å². The molecular weight excluding hydrogens is 230 g/mol. The average Bonchev–Trinajstić information content (AvgIpc) is 2.86. The van der Waals surface area contributed by atoms with Crippen molar-refractivity contribution in [1.29, 1.82) is 0 Å². The van der Waals surface area contributed by atoms with Crippen LogP contribution in [-0.2, 0) is 11.2 Å². The Kier molecular flexibility index (Phi) is 3.43. The molecule has 1 unspecified atom stereocenters. The number of rotatable bonds is 4. The molecule has 0 aromatic carbocycles. The fourth-order valence-corrected chi connectivity index (χ4v) is 2.36. The Morgan fingerprint density at radius 2 is 2.39 bits per heavy atom. The van der Waals surface area contributed by atoms with Crippen molar-refractivity contribution >= 4 is 5.97 Å². The van der Waals surface area contributed by atoms with Gasteiger partial charge in [0.15, 0.2) is 0 Å². The number of nitrogens with zero attached hydrogens (tertiary/aromatic N) is 2. The number of aromatic nitrogens is 2. The van der Waals surface area contributed by atoms with Crippen LogP contribution in [0, 0.1) is 5.41 Å². The normalized spacial score (nSPS) is 21.4. The zero-order chi connectivity index (χ0) is 13.3. The Morgan fingerprint density at radius 3 is 2.94 bits per heavy atom. The number of imidazole rings is 1. The lowest BCUT2D eigenvalue weighted by molar-refractivity contribution is -0.146. The van der Waals surface area contributed by atoms with Crippen LogP contribution >= 0.6 is 0 Å². The molecule has 1 aromatic heterocycles. The van der Waals surface area contributed by atoms with Crippen molar-refractivity contribution in [3.8, 4) is 0 Å². The highest BCUT2D eigenvalue weighted by molar-refractivity contribution is 5.73. The molecule has 18 heavy (non-hydrogen) atoms. The van der Waals surface area contributed by atoms with Crippen molar-refractivity contribution < 1.29 is 9.90 Å². The quantitative estimate of drug-likeness (QED) is 0.850. The summed E-state index contributed by atoms with van der Waals surface area (Å²) in [5.74, 6) is 0.484. The summed E-state index contributed by atoms with van der Waals surface area (Å²) in [5.41, 5.74) is 0.359. The van der Waals surface area contributed by atoms with E-state index in [0.29, 0.717) is 12.3 Å². The first-order chi connectivity index (χ1) is 8.38. The zero-order valence-electron chi connectivity index (χ0n) is 11.2. The molecule has 1 fully saturated rings. The zero-order valence-corrected chi connectivity index (χ0v) is 11.2. The highest BCUT2D eigenvalue weighted by atomic mass is 16.4. The van der Waals surface area contributed by atoms with Gasteiger partial charge in [-0.1, -0.05) is 0 Å². The summed E-state index contributed by atoms with van der Waals surface area (Å²) in [5, 5.41) is 9.11. The molecule has 2 heterocycles. The van der Waals surface area contributed by atoms with Gasteiger partial charge < -0.3 is 15.0 Å². The van der Waals surface area contributed by atoms with Gasteiger partial charge in [-0.25, -0.2) is 4.98 Å². The van der Waals surface area contributed by atoms with Gasteiger partial charge in [0.1, 0.15) is 5.82 Å². The second-order valence-electron chi connectivity index (χ2n) is 5.90. The molecule has 1 aromatic rings. The van der Waals surface area contributed by atoms with Crippen LogP contribution in [0.1, 0.15) is 37.7 Å². The summed E-state index contributed by atoms with van der Waals surface area (Å²) in [7, 11) is 2.12. The number of likely N-dealkylation sites (tertiary alicyclic amines) is 1. The van der Waals surface area contributed by atoms with Gasteiger partial charge in [0.25, 0.3) is 0 Å². The topological polar surface area (TPSA) is 69.2 Å². The van der Waals surface area contributed by atoms with Gasteiger partial charge in [0, 0.05) is 30.8 Å². The number of carboxylic acid groups (broad SMARTS) is 1. The molecule has 2 rings (SSSR count). The fraction of sp³-hybridized carbons (Fsp3) is 0.692. The Balaban J connectivity index is 2.04. The van der Waals surface area contributed by atoms with E-state index in [-0.39, 0.29) is 0 Å². The summed E-state index contributed by atoms with van der Waals surface area (Å²) in [4.78, 5) is 21.0. The number of hydrogen-bond donors (Lipinski definition) is 2. The number of nitrogens with one attached hydrogen (secondary N) is 1. The molecule has 0 spiro atoms. The van der Waals surface area contributed by atoms with Crippen LogP contribution in [0.5, 0.6) is 0 Å². The third kappa shape index (κ3) is 2.72. The highest BCUT2D eigenvalue weighted by Crippen LogP contribution is 2.26. The van der Waals surface area contributed by atoms with E-state index in [1.807, 2.05) is 6.20 Å². The van der Waals surface area contributed by atoms with E-state index in [1.165, 1.54) is 0 Å². The van der Waals surface area contributed by atoms with Gasteiger partial charge in [-0.2, -0.15) is 0 Å². The maximum atomic E-state index is 11.1. The summed E-state index contributed by atoms with van der Waals surface area (Å²) >= 11 is 0. The number of carboxylic acids is 1. The van der Waals surface area contributed by atoms with E-state index in [0.717, 1.165) is 31.0 Å². The van der Waals surface area contributed by atoms with Gasteiger partial charge >= 0.3 is 5.97 Å². The number of H-pyrrole nitrogens is 1. The molecule has 1 aliphatic heterocycles. The minimum Gasteiger partial charge on any atom is -0.481 e.